The van der Waals surface area contributed by atoms with Gasteiger partial charge < -0.3 is 15.0 Å². The van der Waals surface area contributed by atoms with Crippen LogP contribution in [0.4, 0.5) is 13.2 Å². The number of carbonyl (C=O) groups excluding carboxylic acids is 2. The number of fused-ring (bicyclic) bond motifs is 1. The molecule has 2 amide bonds. The molecule has 1 fully saturated rings. The second kappa shape index (κ2) is 8.29. The van der Waals surface area contributed by atoms with E-state index in [2.05, 4.69) is 10.1 Å². The van der Waals surface area contributed by atoms with Gasteiger partial charge in [0.05, 0.1) is 0 Å². The molecule has 1 aliphatic rings. The van der Waals surface area contributed by atoms with E-state index in [0.29, 0.717) is 36.3 Å². The van der Waals surface area contributed by atoms with Crippen LogP contribution in [0.5, 0.6) is 5.75 Å². The smallest absolute Gasteiger partial charge is 0.405 e. The van der Waals surface area contributed by atoms with Crippen LogP contribution in [-0.2, 0) is 4.79 Å². The first-order valence-electron chi connectivity index (χ1n) is 9.75. The molecule has 0 aliphatic carbocycles. The Balaban J connectivity index is 1.62. The van der Waals surface area contributed by atoms with E-state index < -0.39 is 6.36 Å². The molecule has 3 aromatic rings. The van der Waals surface area contributed by atoms with Gasteiger partial charge in [-0.15, -0.1) is 13.2 Å². The van der Waals surface area contributed by atoms with Crippen LogP contribution in [0.15, 0.2) is 60.7 Å². The second-order valence-electron chi connectivity index (χ2n) is 7.21. The third-order valence-corrected chi connectivity index (χ3v) is 5.11. The van der Waals surface area contributed by atoms with Crippen LogP contribution in [-0.4, -0.2) is 42.7 Å². The predicted octanol–water partition coefficient (Wildman–Crippen LogP) is 4.37. The lowest BCUT2D eigenvalue weighted by atomic mass is 9.99. The lowest BCUT2D eigenvalue weighted by Gasteiger charge is -2.19. The van der Waals surface area contributed by atoms with Crippen molar-refractivity contribution in [2.75, 3.05) is 19.6 Å². The van der Waals surface area contributed by atoms with Crippen molar-refractivity contribution in [3.05, 3.63) is 66.2 Å². The highest BCUT2D eigenvalue weighted by Crippen LogP contribution is 2.35. The van der Waals surface area contributed by atoms with Gasteiger partial charge in [0.25, 0.3) is 5.91 Å². The quantitative estimate of drug-likeness (QED) is 0.674. The van der Waals surface area contributed by atoms with Crippen molar-refractivity contribution < 1.29 is 27.5 Å². The molecule has 31 heavy (non-hydrogen) atoms. The molecule has 0 spiro atoms. The van der Waals surface area contributed by atoms with E-state index in [1.807, 2.05) is 0 Å². The summed E-state index contributed by atoms with van der Waals surface area (Å²) < 4.78 is 42.3. The maximum Gasteiger partial charge on any atom is 0.573 e. The molecule has 0 aromatic heterocycles. The zero-order valence-electron chi connectivity index (χ0n) is 16.4. The minimum Gasteiger partial charge on any atom is -0.405 e. The van der Waals surface area contributed by atoms with Crippen molar-refractivity contribution in [3.8, 4) is 16.9 Å². The van der Waals surface area contributed by atoms with E-state index in [9.17, 15) is 22.8 Å². The molecule has 3 aromatic carbocycles. The van der Waals surface area contributed by atoms with Crippen molar-refractivity contribution in [1.29, 1.82) is 0 Å². The number of alkyl halides is 3. The Bertz CT molecular complexity index is 1140. The van der Waals surface area contributed by atoms with Crippen molar-refractivity contribution in [1.82, 2.24) is 10.2 Å². The molecule has 4 rings (SSSR count). The van der Waals surface area contributed by atoms with E-state index >= 15 is 0 Å². The Morgan fingerprint density at radius 1 is 0.968 bits per heavy atom. The van der Waals surface area contributed by atoms with Gasteiger partial charge >= 0.3 is 6.36 Å². The van der Waals surface area contributed by atoms with Gasteiger partial charge in [-0.3, -0.25) is 9.59 Å². The fraction of sp³-hybridized carbons (Fsp3) is 0.217. The lowest BCUT2D eigenvalue weighted by Crippen LogP contribution is -2.34. The molecule has 160 valence electrons. The molecule has 1 heterocycles. The summed E-state index contributed by atoms with van der Waals surface area (Å²) in [6.45, 7) is 1.22. The van der Waals surface area contributed by atoms with Gasteiger partial charge in [-0.25, -0.2) is 0 Å². The number of rotatable bonds is 3. The lowest BCUT2D eigenvalue weighted by molar-refractivity contribution is -0.274. The van der Waals surface area contributed by atoms with Gasteiger partial charge in [0.1, 0.15) is 5.75 Å². The molecule has 5 nitrogen and oxygen atoms in total. The molecule has 1 saturated heterocycles. The summed E-state index contributed by atoms with van der Waals surface area (Å²) >= 11 is 0. The standard InChI is InChI=1S/C23H19F3N2O3/c24-23(25,26)31-20-4-2-1-3-19(20)17-7-5-16-14-18(8-6-15(16)13-17)22(30)28-11-9-21(29)27-10-12-28/h1-8,13-14H,9-12H2,(H,27,29). The molecular formula is C23H19F3N2O3. The number of amides is 2. The number of benzene rings is 3. The summed E-state index contributed by atoms with van der Waals surface area (Å²) in [5.41, 5.74) is 1.39. The average Bonchev–Trinajstić information content (AvgIpc) is 2.96. The van der Waals surface area contributed by atoms with Crippen LogP contribution in [0.25, 0.3) is 21.9 Å². The first-order valence-corrected chi connectivity index (χ1v) is 9.75. The maximum absolute atomic E-state index is 12.8. The molecule has 1 aliphatic heterocycles. The Labute approximate surface area is 176 Å². The number of nitrogens with one attached hydrogen (secondary N) is 1. The monoisotopic (exact) mass is 428 g/mol. The van der Waals surface area contributed by atoms with Crippen LogP contribution in [0.3, 0.4) is 0 Å². The zero-order chi connectivity index (χ0) is 22.0. The Hall–Kier alpha value is -3.55. The van der Waals surface area contributed by atoms with Gasteiger partial charge in [-0.2, -0.15) is 0 Å². The van der Waals surface area contributed by atoms with Crippen LogP contribution >= 0.6 is 0 Å². The fourth-order valence-corrected chi connectivity index (χ4v) is 3.62. The second-order valence-corrected chi connectivity index (χ2v) is 7.21. The molecular weight excluding hydrogens is 409 g/mol. The first kappa shape index (κ1) is 20.7. The number of hydrogen-bond acceptors (Lipinski definition) is 3. The van der Waals surface area contributed by atoms with E-state index in [-0.39, 0.29) is 24.0 Å². The zero-order valence-corrected chi connectivity index (χ0v) is 16.4. The van der Waals surface area contributed by atoms with Crippen LogP contribution < -0.4 is 10.1 Å². The summed E-state index contributed by atoms with van der Waals surface area (Å²) in [4.78, 5) is 26.0. The Morgan fingerprint density at radius 2 is 1.71 bits per heavy atom. The average molecular weight is 428 g/mol. The van der Waals surface area contributed by atoms with Crippen molar-refractivity contribution in [2.24, 2.45) is 0 Å². The highest BCUT2D eigenvalue weighted by molar-refractivity contribution is 5.99. The van der Waals surface area contributed by atoms with Crippen LogP contribution in [0, 0.1) is 0 Å². The van der Waals surface area contributed by atoms with E-state index in [0.717, 1.165) is 10.8 Å². The summed E-state index contributed by atoms with van der Waals surface area (Å²) in [6.07, 6.45) is -4.52. The molecule has 1 N–H and O–H groups in total. The van der Waals surface area contributed by atoms with Gasteiger partial charge in [-0.1, -0.05) is 36.4 Å². The number of halogens is 3. The third kappa shape index (κ3) is 4.79. The highest BCUT2D eigenvalue weighted by Gasteiger charge is 2.32. The largest absolute Gasteiger partial charge is 0.573 e. The van der Waals surface area contributed by atoms with Crippen molar-refractivity contribution in [2.45, 2.75) is 12.8 Å². The Kier molecular flexibility index (Phi) is 5.54. The maximum atomic E-state index is 12.8. The molecule has 0 unspecified atom stereocenters. The molecule has 0 bridgehead atoms. The molecule has 0 radical (unpaired) electrons. The number of carbonyl (C=O) groups is 2. The minimum atomic E-state index is -4.78. The summed E-state index contributed by atoms with van der Waals surface area (Å²) in [5.74, 6) is -0.506. The fourth-order valence-electron chi connectivity index (χ4n) is 3.62. The highest BCUT2D eigenvalue weighted by atomic mass is 19.4. The number of para-hydroxylation sites is 1. The van der Waals surface area contributed by atoms with Crippen molar-refractivity contribution >= 4 is 22.6 Å². The molecule has 0 saturated carbocycles. The molecule has 8 heteroatoms. The van der Waals surface area contributed by atoms with Crippen LogP contribution in [0.1, 0.15) is 16.8 Å². The van der Waals surface area contributed by atoms with Crippen molar-refractivity contribution in [3.63, 3.8) is 0 Å². The van der Waals surface area contributed by atoms with Gasteiger partial charge in [-0.05, 0) is 40.6 Å². The number of nitrogens with zero attached hydrogens (tertiary/aromatic N) is 1. The normalized spacial score (nSPS) is 14.8. The van der Waals surface area contributed by atoms with Gasteiger partial charge in [0.15, 0.2) is 0 Å². The van der Waals surface area contributed by atoms with E-state index in [1.165, 1.54) is 12.1 Å². The third-order valence-electron chi connectivity index (χ3n) is 5.11. The first-order chi connectivity index (χ1) is 14.8. The SMILES string of the molecule is O=C1CCN(C(=O)c2ccc3cc(-c4ccccc4OC(F)(F)F)ccc3c2)CCN1. The van der Waals surface area contributed by atoms with E-state index in [4.69, 9.17) is 0 Å². The summed E-state index contributed by atoms with van der Waals surface area (Å²) in [6, 6.07) is 16.4. The summed E-state index contributed by atoms with van der Waals surface area (Å²) in [7, 11) is 0. The summed E-state index contributed by atoms with van der Waals surface area (Å²) in [5, 5.41) is 4.30. The predicted molar refractivity (Wildman–Crippen MR) is 110 cm³/mol. The topological polar surface area (TPSA) is 58.6 Å². The molecule has 0 atom stereocenters. The van der Waals surface area contributed by atoms with Gasteiger partial charge in [0.2, 0.25) is 5.91 Å². The van der Waals surface area contributed by atoms with Gasteiger partial charge in [0, 0.05) is 37.2 Å². The number of ether oxygens (including phenoxy) is 1. The van der Waals surface area contributed by atoms with Crippen LogP contribution in [0.2, 0.25) is 0 Å². The van der Waals surface area contributed by atoms with E-state index in [1.54, 1.807) is 53.4 Å². The minimum absolute atomic E-state index is 0.0730. The Morgan fingerprint density at radius 3 is 2.52 bits per heavy atom. The number of hydrogen-bond donors (Lipinski definition) is 1.